The SMILES string of the molecule is [3H]CC(C)CC(CC(C)C)O[C]=O. The number of ether oxygens (including phenoxy) is 1. The first-order valence-electron chi connectivity index (χ1n) is 5.12. The Morgan fingerprint density at radius 1 is 1.33 bits per heavy atom. The second-order valence-corrected chi connectivity index (χ2v) is 3.79. The predicted octanol–water partition coefficient (Wildman–Crippen LogP) is 2.53. The molecule has 0 spiro atoms. The van der Waals surface area contributed by atoms with Crippen LogP contribution in [0.1, 0.15) is 41.9 Å². The van der Waals surface area contributed by atoms with Crippen LogP contribution < -0.4 is 0 Å². The van der Waals surface area contributed by atoms with Gasteiger partial charge in [0.2, 0.25) is 0 Å². The molecular weight excluding hydrogens is 152 g/mol. The van der Waals surface area contributed by atoms with Crippen molar-refractivity contribution in [2.75, 3.05) is 0 Å². The molecule has 1 radical (unpaired) electrons. The van der Waals surface area contributed by atoms with Crippen LogP contribution in [0.4, 0.5) is 0 Å². The van der Waals surface area contributed by atoms with Crippen molar-refractivity contribution in [3.05, 3.63) is 0 Å². The van der Waals surface area contributed by atoms with E-state index in [0.29, 0.717) is 12.8 Å². The molecule has 0 aliphatic carbocycles. The van der Waals surface area contributed by atoms with E-state index in [1.165, 1.54) is 6.47 Å². The maximum atomic E-state index is 10.1. The molecule has 71 valence electrons. The molecule has 2 unspecified atom stereocenters. The van der Waals surface area contributed by atoms with Crippen molar-refractivity contribution in [3.63, 3.8) is 0 Å². The third-order valence-corrected chi connectivity index (χ3v) is 1.61. The molecule has 2 heteroatoms. The Balaban J connectivity index is 3.85. The van der Waals surface area contributed by atoms with Crippen molar-refractivity contribution in [2.24, 2.45) is 11.8 Å². The number of carbonyl (C=O) groups excluding carboxylic acids is 1. The van der Waals surface area contributed by atoms with Crippen LogP contribution in [0.3, 0.4) is 0 Å². The van der Waals surface area contributed by atoms with Gasteiger partial charge in [0.1, 0.15) is 6.10 Å². The number of hydrogen-bond donors (Lipinski definition) is 0. The van der Waals surface area contributed by atoms with Crippen LogP contribution in [0.15, 0.2) is 0 Å². The molecule has 0 saturated heterocycles. The van der Waals surface area contributed by atoms with Crippen molar-refractivity contribution in [3.8, 4) is 0 Å². The van der Waals surface area contributed by atoms with Crippen molar-refractivity contribution >= 4 is 6.47 Å². The van der Waals surface area contributed by atoms with E-state index in [9.17, 15) is 4.79 Å². The van der Waals surface area contributed by atoms with E-state index in [1.54, 1.807) is 0 Å². The first kappa shape index (κ1) is 9.56. The van der Waals surface area contributed by atoms with Gasteiger partial charge in [-0.3, -0.25) is 0 Å². The Morgan fingerprint density at radius 2 is 1.92 bits per heavy atom. The van der Waals surface area contributed by atoms with Crippen LogP contribution in [-0.2, 0) is 9.53 Å². The molecule has 0 aromatic rings. The van der Waals surface area contributed by atoms with Gasteiger partial charge in [0.25, 0.3) is 0 Å². The minimum atomic E-state index is -0.0575. The lowest BCUT2D eigenvalue weighted by Gasteiger charge is -2.18. The van der Waals surface area contributed by atoms with Gasteiger partial charge in [-0.15, -0.1) is 0 Å². The van der Waals surface area contributed by atoms with Crippen LogP contribution in [0, 0.1) is 11.8 Å². The van der Waals surface area contributed by atoms with Gasteiger partial charge >= 0.3 is 6.47 Å². The van der Waals surface area contributed by atoms with Gasteiger partial charge in [-0.25, -0.2) is 4.79 Å². The Kier molecular flexibility index (Phi) is 4.81. The summed E-state index contributed by atoms with van der Waals surface area (Å²) in [7, 11) is 0. The monoisotopic (exact) mass is 173 g/mol. The quantitative estimate of drug-likeness (QED) is 0.617. The summed E-state index contributed by atoms with van der Waals surface area (Å²) >= 11 is 0. The predicted molar refractivity (Wildman–Crippen MR) is 49.5 cm³/mol. The molecule has 12 heavy (non-hydrogen) atoms. The fourth-order valence-corrected chi connectivity index (χ4v) is 1.24. The molecule has 2 nitrogen and oxygen atoms in total. The van der Waals surface area contributed by atoms with Gasteiger partial charge in [-0.2, -0.15) is 0 Å². The van der Waals surface area contributed by atoms with Crippen molar-refractivity contribution in [1.29, 1.82) is 0 Å². The lowest BCUT2D eigenvalue weighted by atomic mass is 9.98. The molecule has 0 saturated carbocycles. The van der Waals surface area contributed by atoms with E-state index >= 15 is 0 Å². The summed E-state index contributed by atoms with van der Waals surface area (Å²) in [6.45, 7) is 8.05. The largest absolute Gasteiger partial charge is 0.454 e. The lowest BCUT2D eigenvalue weighted by Crippen LogP contribution is -2.17. The smallest absolute Gasteiger partial charge is 0.417 e. The molecule has 0 fully saturated rings. The maximum absolute atomic E-state index is 10.1. The highest BCUT2D eigenvalue weighted by Crippen LogP contribution is 2.15. The van der Waals surface area contributed by atoms with E-state index < -0.39 is 0 Å². The van der Waals surface area contributed by atoms with Crippen LogP contribution >= 0.6 is 0 Å². The highest BCUT2D eigenvalue weighted by molar-refractivity contribution is 5.38. The zero-order chi connectivity index (χ0) is 10.3. The molecule has 0 aromatic heterocycles. The van der Waals surface area contributed by atoms with Crippen LogP contribution in [0.5, 0.6) is 0 Å². The van der Waals surface area contributed by atoms with Crippen LogP contribution in [0.25, 0.3) is 0 Å². The Morgan fingerprint density at radius 3 is 2.33 bits per heavy atom. The molecule has 0 amide bonds. The first-order valence-corrected chi connectivity index (χ1v) is 4.42. The molecule has 2 atom stereocenters. The third-order valence-electron chi connectivity index (χ3n) is 1.61. The van der Waals surface area contributed by atoms with Crippen molar-refractivity contribution in [2.45, 2.75) is 46.6 Å². The molecular formula is C10H19O2. The van der Waals surface area contributed by atoms with Crippen molar-refractivity contribution < 1.29 is 10.9 Å². The molecule has 0 aromatic carbocycles. The Bertz CT molecular complexity index is 137. The van der Waals surface area contributed by atoms with E-state index in [0.717, 1.165) is 12.8 Å². The van der Waals surface area contributed by atoms with Gasteiger partial charge in [0, 0.05) is 1.37 Å². The summed E-state index contributed by atoms with van der Waals surface area (Å²) in [5, 5.41) is 0. The normalized spacial score (nSPS) is 16.8. The Hall–Kier alpha value is -0.530. The summed E-state index contributed by atoms with van der Waals surface area (Å²) in [4.78, 5) is 10.1. The molecule has 0 heterocycles. The van der Waals surface area contributed by atoms with Crippen LogP contribution in [0.2, 0.25) is 0 Å². The minimum absolute atomic E-state index is 0.0575. The number of hydrogen-bond acceptors (Lipinski definition) is 2. The van der Waals surface area contributed by atoms with E-state index in [2.05, 4.69) is 13.8 Å². The lowest BCUT2D eigenvalue weighted by molar-refractivity contribution is 0.130. The van der Waals surface area contributed by atoms with Crippen molar-refractivity contribution in [1.82, 2.24) is 0 Å². The zero-order valence-electron chi connectivity index (χ0n) is 9.17. The van der Waals surface area contributed by atoms with E-state index in [4.69, 9.17) is 6.11 Å². The van der Waals surface area contributed by atoms with E-state index in [-0.39, 0.29) is 12.0 Å². The van der Waals surface area contributed by atoms with E-state index in [1.807, 2.05) is 6.92 Å². The first-order chi connectivity index (χ1) is 6.10. The molecule has 0 N–H and O–H groups in total. The topological polar surface area (TPSA) is 26.3 Å². The zero-order valence-corrected chi connectivity index (χ0v) is 8.17. The second kappa shape index (κ2) is 6.04. The summed E-state index contributed by atoms with van der Waals surface area (Å²) in [5.41, 5.74) is 0. The Labute approximate surface area is 76.7 Å². The van der Waals surface area contributed by atoms with Crippen LogP contribution in [-0.4, -0.2) is 12.6 Å². The van der Waals surface area contributed by atoms with Gasteiger partial charge in [0.05, 0.1) is 0 Å². The summed E-state index contributed by atoms with van der Waals surface area (Å²) < 4.78 is 12.0. The fraction of sp³-hybridized carbons (Fsp3) is 0.900. The third kappa shape index (κ3) is 6.20. The number of rotatable bonds is 6. The molecule has 0 bridgehead atoms. The second-order valence-electron chi connectivity index (χ2n) is 3.79. The fourth-order valence-electron chi connectivity index (χ4n) is 1.24. The van der Waals surface area contributed by atoms with Gasteiger partial charge in [-0.1, -0.05) is 27.7 Å². The summed E-state index contributed by atoms with van der Waals surface area (Å²) in [5.74, 6) is 0.799. The average Bonchev–Trinajstić information content (AvgIpc) is 2.03. The standard InChI is InChI=1S/C10H19O2/c1-8(2)5-10(12-7-11)6-9(3)4/h8-10H,5-6H2,1-4H3/i1T. The van der Waals surface area contributed by atoms with Gasteiger partial charge < -0.3 is 4.74 Å². The molecule has 0 aliphatic heterocycles. The van der Waals surface area contributed by atoms with Gasteiger partial charge in [-0.05, 0) is 24.7 Å². The minimum Gasteiger partial charge on any atom is -0.454 e. The summed E-state index contributed by atoms with van der Waals surface area (Å²) in [6.07, 6.45) is 1.58. The average molecular weight is 173 g/mol. The maximum Gasteiger partial charge on any atom is 0.417 e. The highest BCUT2D eigenvalue weighted by Gasteiger charge is 2.13. The molecule has 0 rings (SSSR count). The highest BCUT2D eigenvalue weighted by atomic mass is 16.5. The summed E-state index contributed by atoms with van der Waals surface area (Å²) in [6, 6.07) is 0. The molecule has 0 aliphatic rings. The van der Waals surface area contributed by atoms with Gasteiger partial charge in [0.15, 0.2) is 0 Å².